The molecule has 1 saturated heterocycles. The summed E-state index contributed by atoms with van der Waals surface area (Å²) in [4.78, 5) is 12.8. The summed E-state index contributed by atoms with van der Waals surface area (Å²) < 4.78 is 1.07. The molecule has 3 nitrogen and oxygen atoms in total. The third-order valence-electron chi connectivity index (χ3n) is 2.34. The number of hydrogen-bond acceptors (Lipinski definition) is 2. The van der Waals surface area contributed by atoms with Gasteiger partial charge in [-0.25, -0.2) is 0 Å². The highest BCUT2D eigenvalue weighted by atomic mass is 127. The summed E-state index contributed by atoms with van der Waals surface area (Å²) in [5.74, 6) is -0.232. The van der Waals surface area contributed by atoms with Gasteiger partial charge in [-0.05, 0) is 31.8 Å². The highest BCUT2D eigenvalue weighted by molar-refractivity contribution is 14.1. The lowest BCUT2D eigenvalue weighted by Gasteiger charge is -2.29. The molecule has 0 aromatic heterocycles. The molecule has 0 unspecified atom stereocenters. The Hall–Kier alpha value is 0.160. The van der Waals surface area contributed by atoms with Crippen LogP contribution in [0.4, 0.5) is 0 Å². The summed E-state index contributed by atoms with van der Waals surface area (Å²) in [5.41, 5.74) is 0. The van der Waals surface area contributed by atoms with Crippen LogP contribution in [0.2, 0.25) is 0 Å². The zero-order valence-electron chi connectivity index (χ0n) is 7.00. The number of aliphatic carboxylic acids is 1. The SMILES string of the molecule is O=C(O)CC1CCN(CI)CC1. The fourth-order valence-corrected chi connectivity index (χ4v) is 2.24. The number of carboxylic acid groups (broad SMARTS) is 1. The number of alkyl halides is 1. The second-order valence-electron chi connectivity index (χ2n) is 3.28. The summed E-state index contributed by atoms with van der Waals surface area (Å²) >= 11 is 2.35. The lowest BCUT2D eigenvalue weighted by atomic mass is 9.94. The molecule has 4 heteroatoms. The van der Waals surface area contributed by atoms with Crippen molar-refractivity contribution in [2.24, 2.45) is 5.92 Å². The number of hydrogen-bond donors (Lipinski definition) is 1. The van der Waals surface area contributed by atoms with Gasteiger partial charge >= 0.3 is 5.97 Å². The van der Waals surface area contributed by atoms with Crippen molar-refractivity contribution in [3.05, 3.63) is 0 Å². The number of rotatable bonds is 3. The maximum atomic E-state index is 10.4. The molecule has 0 amide bonds. The van der Waals surface area contributed by atoms with E-state index in [4.69, 9.17) is 5.11 Å². The Morgan fingerprint density at radius 2 is 2.08 bits per heavy atom. The van der Waals surface area contributed by atoms with Gasteiger partial charge in [0.15, 0.2) is 0 Å². The minimum absolute atomic E-state index is 0.356. The number of carboxylic acids is 1. The molecule has 0 aromatic carbocycles. The van der Waals surface area contributed by atoms with Crippen LogP contribution in [0.3, 0.4) is 0 Å². The maximum Gasteiger partial charge on any atom is 0.303 e. The lowest BCUT2D eigenvalue weighted by molar-refractivity contribution is -0.138. The van der Waals surface area contributed by atoms with Crippen LogP contribution in [0.15, 0.2) is 0 Å². The monoisotopic (exact) mass is 283 g/mol. The molecule has 0 aliphatic carbocycles. The van der Waals surface area contributed by atoms with Gasteiger partial charge < -0.3 is 5.11 Å². The van der Waals surface area contributed by atoms with Crippen LogP contribution in [0.1, 0.15) is 19.3 Å². The van der Waals surface area contributed by atoms with Gasteiger partial charge in [-0.15, -0.1) is 0 Å². The average Bonchev–Trinajstić information content (AvgIpc) is 2.05. The van der Waals surface area contributed by atoms with Crippen molar-refractivity contribution in [2.45, 2.75) is 19.3 Å². The lowest BCUT2D eigenvalue weighted by Crippen LogP contribution is -2.33. The fraction of sp³-hybridized carbons (Fsp3) is 0.875. The molecule has 0 saturated carbocycles. The van der Waals surface area contributed by atoms with Gasteiger partial charge in [-0.1, -0.05) is 22.6 Å². The van der Waals surface area contributed by atoms with E-state index in [2.05, 4.69) is 27.5 Å². The van der Waals surface area contributed by atoms with Crippen LogP contribution >= 0.6 is 22.6 Å². The van der Waals surface area contributed by atoms with Crippen LogP contribution in [0.25, 0.3) is 0 Å². The third-order valence-corrected chi connectivity index (χ3v) is 3.30. The largest absolute Gasteiger partial charge is 0.481 e. The van der Waals surface area contributed by atoms with Crippen LogP contribution < -0.4 is 0 Å². The van der Waals surface area contributed by atoms with E-state index >= 15 is 0 Å². The molecule has 1 aliphatic heterocycles. The van der Waals surface area contributed by atoms with Gasteiger partial charge in [0.2, 0.25) is 0 Å². The molecule has 0 atom stereocenters. The van der Waals surface area contributed by atoms with Crippen molar-refractivity contribution in [1.29, 1.82) is 0 Å². The Morgan fingerprint density at radius 1 is 1.50 bits per heavy atom. The zero-order chi connectivity index (χ0) is 8.97. The van der Waals surface area contributed by atoms with Crippen LogP contribution in [-0.2, 0) is 4.79 Å². The molecule has 0 spiro atoms. The molecule has 1 aliphatic rings. The van der Waals surface area contributed by atoms with Crippen LogP contribution in [-0.4, -0.2) is 33.6 Å². The Bertz CT molecular complexity index is 155. The Balaban J connectivity index is 2.21. The summed E-state index contributed by atoms with van der Waals surface area (Å²) in [7, 11) is 0. The Labute approximate surface area is 86.3 Å². The summed E-state index contributed by atoms with van der Waals surface area (Å²) in [6.07, 6.45) is 2.46. The van der Waals surface area contributed by atoms with Gasteiger partial charge in [0, 0.05) is 6.42 Å². The molecular weight excluding hydrogens is 269 g/mol. The van der Waals surface area contributed by atoms with Crippen molar-refractivity contribution in [3.63, 3.8) is 0 Å². The number of likely N-dealkylation sites (tertiary alicyclic amines) is 1. The van der Waals surface area contributed by atoms with Gasteiger partial charge in [-0.3, -0.25) is 9.69 Å². The molecule has 0 bridgehead atoms. The first-order valence-electron chi connectivity index (χ1n) is 4.22. The van der Waals surface area contributed by atoms with E-state index < -0.39 is 5.97 Å². The molecular formula is C8H14INO2. The molecule has 1 rings (SSSR count). The molecule has 1 fully saturated rings. The molecule has 70 valence electrons. The van der Waals surface area contributed by atoms with Crippen molar-refractivity contribution < 1.29 is 9.90 Å². The van der Waals surface area contributed by atoms with Crippen LogP contribution in [0.5, 0.6) is 0 Å². The second-order valence-corrected chi connectivity index (χ2v) is 3.96. The van der Waals surface area contributed by atoms with Crippen LogP contribution in [0, 0.1) is 5.92 Å². The first-order chi connectivity index (χ1) is 5.72. The van der Waals surface area contributed by atoms with Crippen molar-refractivity contribution >= 4 is 28.6 Å². The van der Waals surface area contributed by atoms with Crippen molar-refractivity contribution in [3.8, 4) is 0 Å². The Kier molecular flexibility index (Phi) is 4.28. The molecule has 1 N–H and O–H groups in total. The van der Waals surface area contributed by atoms with E-state index in [-0.39, 0.29) is 0 Å². The normalized spacial score (nSPS) is 21.1. The highest BCUT2D eigenvalue weighted by Crippen LogP contribution is 2.20. The molecule has 0 aromatic rings. The number of nitrogens with zero attached hydrogens (tertiary/aromatic N) is 1. The smallest absolute Gasteiger partial charge is 0.303 e. The minimum Gasteiger partial charge on any atom is -0.481 e. The predicted molar refractivity (Wildman–Crippen MR) is 55.4 cm³/mol. The van der Waals surface area contributed by atoms with E-state index in [9.17, 15) is 4.79 Å². The van der Waals surface area contributed by atoms with E-state index in [1.807, 2.05) is 0 Å². The number of halogens is 1. The number of piperidine rings is 1. The Morgan fingerprint density at radius 3 is 2.50 bits per heavy atom. The maximum absolute atomic E-state index is 10.4. The summed E-state index contributed by atoms with van der Waals surface area (Å²) in [6.45, 7) is 2.14. The first kappa shape index (κ1) is 10.2. The third kappa shape index (κ3) is 3.26. The van der Waals surface area contributed by atoms with E-state index in [0.29, 0.717) is 12.3 Å². The summed E-state index contributed by atoms with van der Waals surface area (Å²) in [6, 6.07) is 0. The zero-order valence-corrected chi connectivity index (χ0v) is 9.16. The standard InChI is InChI=1S/C8H14INO2/c9-6-10-3-1-7(2-4-10)5-8(11)12/h7H,1-6H2,(H,11,12). The first-order valence-corrected chi connectivity index (χ1v) is 5.75. The quantitative estimate of drug-likeness (QED) is 0.485. The van der Waals surface area contributed by atoms with Gasteiger partial charge in [0.25, 0.3) is 0 Å². The number of carbonyl (C=O) groups is 1. The van der Waals surface area contributed by atoms with E-state index in [1.54, 1.807) is 0 Å². The fourth-order valence-electron chi connectivity index (χ4n) is 1.56. The topological polar surface area (TPSA) is 40.5 Å². The predicted octanol–water partition coefficient (Wildman–Crippen LogP) is 1.57. The average molecular weight is 283 g/mol. The molecule has 0 radical (unpaired) electrons. The van der Waals surface area contributed by atoms with Gasteiger partial charge in [0.05, 0.1) is 4.55 Å². The van der Waals surface area contributed by atoms with Crippen molar-refractivity contribution in [1.82, 2.24) is 4.90 Å². The second kappa shape index (κ2) is 5.01. The van der Waals surface area contributed by atoms with Gasteiger partial charge in [-0.2, -0.15) is 0 Å². The minimum atomic E-state index is -0.650. The van der Waals surface area contributed by atoms with E-state index in [0.717, 1.165) is 30.5 Å². The molecule has 12 heavy (non-hydrogen) atoms. The summed E-state index contributed by atoms with van der Waals surface area (Å²) in [5, 5.41) is 8.57. The van der Waals surface area contributed by atoms with E-state index in [1.165, 1.54) is 0 Å². The molecule has 1 heterocycles. The van der Waals surface area contributed by atoms with Crippen molar-refractivity contribution in [2.75, 3.05) is 17.6 Å². The highest BCUT2D eigenvalue weighted by Gasteiger charge is 2.20. The van der Waals surface area contributed by atoms with Gasteiger partial charge in [0.1, 0.15) is 0 Å².